The maximum atomic E-state index is 12.2. The van der Waals surface area contributed by atoms with Gasteiger partial charge in [0.1, 0.15) is 5.41 Å². The van der Waals surface area contributed by atoms with Gasteiger partial charge in [0.15, 0.2) is 0 Å². The number of carbonyl (C=O) groups excluding carboxylic acids is 1. The van der Waals surface area contributed by atoms with Crippen molar-refractivity contribution < 1.29 is 9.53 Å². The molecule has 100 valence electrons. The molecule has 0 saturated heterocycles. The van der Waals surface area contributed by atoms with Crippen molar-refractivity contribution in [2.24, 2.45) is 5.41 Å². The molecule has 0 aliphatic carbocycles. The Balaban J connectivity index is 5.41. The van der Waals surface area contributed by atoms with E-state index in [1.165, 1.54) is 0 Å². The second kappa shape index (κ2) is 8.58. The lowest BCUT2D eigenvalue weighted by atomic mass is 9.79. The van der Waals surface area contributed by atoms with Crippen LogP contribution in [0, 0.1) is 17.3 Å². The lowest BCUT2D eigenvalue weighted by Crippen LogP contribution is -2.31. The fraction of sp³-hybridized carbons (Fsp3) is 0.562. The lowest BCUT2D eigenvalue weighted by molar-refractivity contribution is -0.152. The number of hydrogen-bond acceptors (Lipinski definition) is 2. The first kappa shape index (κ1) is 16.5. The molecule has 0 rings (SSSR count). The molecule has 1 unspecified atom stereocenters. The molecule has 0 aromatic rings. The molecule has 0 aromatic carbocycles. The summed E-state index contributed by atoms with van der Waals surface area (Å²) in [6, 6.07) is 0. The summed E-state index contributed by atoms with van der Waals surface area (Å²) in [5, 5.41) is 0. The van der Waals surface area contributed by atoms with Gasteiger partial charge in [-0.25, -0.2) is 0 Å². The number of hydrogen-bond donors (Lipinski definition) is 0. The van der Waals surface area contributed by atoms with Gasteiger partial charge < -0.3 is 4.74 Å². The standard InChI is InChI=1S/C16H24O2/c1-6-9-11-16(12-10-7-2,13-14(4)5)15(17)18-8-3/h6,9,13H,8,11-12H2,1-5H3/b9-6+. The monoisotopic (exact) mass is 248 g/mol. The fourth-order valence-electron chi connectivity index (χ4n) is 1.80. The van der Waals surface area contributed by atoms with Crippen molar-refractivity contribution in [3.8, 4) is 11.8 Å². The van der Waals surface area contributed by atoms with E-state index < -0.39 is 5.41 Å². The van der Waals surface area contributed by atoms with Gasteiger partial charge in [-0.15, -0.1) is 11.8 Å². The van der Waals surface area contributed by atoms with E-state index in [0.717, 1.165) is 5.57 Å². The van der Waals surface area contributed by atoms with Gasteiger partial charge in [0, 0.05) is 6.42 Å². The van der Waals surface area contributed by atoms with Crippen molar-refractivity contribution >= 4 is 5.97 Å². The Bertz CT molecular complexity index is 376. The molecule has 1 atom stereocenters. The topological polar surface area (TPSA) is 26.3 Å². The van der Waals surface area contributed by atoms with Crippen LogP contribution in [0.15, 0.2) is 23.8 Å². The van der Waals surface area contributed by atoms with Crippen molar-refractivity contribution in [3.05, 3.63) is 23.8 Å². The summed E-state index contributed by atoms with van der Waals surface area (Å²) < 4.78 is 5.22. The Labute approximate surface area is 111 Å². The molecular weight excluding hydrogens is 224 g/mol. The number of esters is 1. The van der Waals surface area contributed by atoms with Crippen LogP contribution in [0.5, 0.6) is 0 Å². The quantitative estimate of drug-likeness (QED) is 0.405. The van der Waals surface area contributed by atoms with E-state index in [2.05, 4.69) is 11.8 Å². The Hall–Kier alpha value is -1.49. The molecular formula is C16H24O2. The summed E-state index contributed by atoms with van der Waals surface area (Å²) in [6.07, 6.45) is 7.05. The predicted octanol–water partition coefficient (Wildman–Crippen LogP) is 3.88. The first-order chi connectivity index (χ1) is 8.52. The van der Waals surface area contributed by atoms with Crippen LogP contribution in [-0.4, -0.2) is 12.6 Å². The van der Waals surface area contributed by atoms with Crippen LogP contribution in [0.25, 0.3) is 0 Å². The number of ether oxygens (including phenoxy) is 1. The van der Waals surface area contributed by atoms with Gasteiger partial charge in [0.05, 0.1) is 6.61 Å². The third-order valence-electron chi connectivity index (χ3n) is 2.55. The van der Waals surface area contributed by atoms with Crippen LogP contribution in [-0.2, 0) is 9.53 Å². The molecule has 0 aliphatic rings. The van der Waals surface area contributed by atoms with E-state index in [4.69, 9.17) is 4.74 Å². The molecule has 0 N–H and O–H groups in total. The van der Waals surface area contributed by atoms with Gasteiger partial charge in [-0.1, -0.05) is 23.8 Å². The van der Waals surface area contributed by atoms with Crippen LogP contribution in [0.1, 0.15) is 47.5 Å². The molecule has 0 fully saturated rings. The predicted molar refractivity (Wildman–Crippen MR) is 76.0 cm³/mol. The average Bonchev–Trinajstić information content (AvgIpc) is 2.32. The van der Waals surface area contributed by atoms with E-state index in [1.54, 1.807) is 6.92 Å². The summed E-state index contributed by atoms with van der Waals surface area (Å²) in [4.78, 5) is 12.2. The van der Waals surface area contributed by atoms with Crippen molar-refractivity contribution in [2.45, 2.75) is 47.5 Å². The Kier molecular flexibility index (Phi) is 7.87. The Morgan fingerprint density at radius 3 is 2.50 bits per heavy atom. The van der Waals surface area contributed by atoms with Gasteiger partial charge in [0.25, 0.3) is 0 Å². The van der Waals surface area contributed by atoms with Crippen LogP contribution in [0.4, 0.5) is 0 Å². The first-order valence-electron chi connectivity index (χ1n) is 6.36. The van der Waals surface area contributed by atoms with Gasteiger partial charge in [-0.3, -0.25) is 4.79 Å². The molecule has 18 heavy (non-hydrogen) atoms. The number of carbonyl (C=O) groups is 1. The van der Waals surface area contributed by atoms with Crippen molar-refractivity contribution in [1.82, 2.24) is 0 Å². The Morgan fingerprint density at radius 1 is 1.39 bits per heavy atom. The van der Waals surface area contributed by atoms with Crippen LogP contribution in [0.2, 0.25) is 0 Å². The second-order valence-electron chi connectivity index (χ2n) is 4.48. The maximum Gasteiger partial charge on any atom is 0.317 e. The highest BCUT2D eigenvalue weighted by molar-refractivity contribution is 5.80. The maximum absolute atomic E-state index is 12.2. The minimum Gasteiger partial charge on any atom is -0.465 e. The highest BCUT2D eigenvalue weighted by atomic mass is 16.5. The van der Waals surface area contributed by atoms with E-state index in [-0.39, 0.29) is 5.97 Å². The van der Waals surface area contributed by atoms with Crippen molar-refractivity contribution in [1.29, 1.82) is 0 Å². The minimum atomic E-state index is -0.648. The van der Waals surface area contributed by atoms with E-state index in [1.807, 2.05) is 45.9 Å². The largest absolute Gasteiger partial charge is 0.465 e. The smallest absolute Gasteiger partial charge is 0.317 e. The van der Waals surface area contributed by atoms with E-state index >= 15 is 0 Å². The zero-order chi connectivity index (χ0) is 14.0. The molecule has 2 nitrogen and oxygen atoms in total. The molecule has 0 heterocycles. The zero-order valence-corrected chi connectivity index (χ0v) is 12.2. The van der Waals surface area contributed by atoms with E-state index in [9.17, 15) is 4.79 Å². The molecule has 2 heteroatoms. The van der Waals surface area contributed by atoms with Crippen LogP contribution >= 0.6 is 0 Å². The fourth-order valence-corrected chi connectivity index (χ4v) is 1.80. The SMILES string of the molecule is CC#CCC(C=C(C)C)(C/C=C/C)C(=O)OCC. The van der Waals surface area contributed by atoms with Crippen LogP contribution in [0.3, 0.4) is 0 Å². The molecule has 0 radical (unpaired) electrons. The highest BCUT2D eigenvalue weighted by Crippen LogP contribution is 2.32. The molecule has 0 spiro atoms. The summed E-state index contributed by atoms with van der Waals surface area (Å²) >= 11 is 0. The Morgan fingerprint density at radius 2 is 2.06 bits per heavy atom. The zero-order valence-electron chi connectivity index (χ0n) is 12.2. The first-order valence-corrected chi connectivity index (χ1v) is 6.36. The third-order valence-corrected chi connectivity index (χ3v) is 2.55. The summed E-state index contributed by atoms with van der Waals surface area (Å²) in [7, 11) is 0. The average molecular weight is 248 g/mol. The van der Waals surface area contributed by atoms with Gasteiger partial charge in [0.2, 0.25) is 0 Å². The van der Waals surface area contributed by atoms with Gasteiger partial charge >= 0.3 is 5.97 Å². The highest BCUT2D eigenvalue weighted by Gasteiger charge is 2.35. The van der Waals surface area contributed by atoms with Gasteiger partial charge in [-0.2, -0.15) is 0 Å². The normalized spacial score (nSPS) is 13.4. The molecule has 0 saturated carbocycles. The molecule has 0 bridgehead atoms. The summed E-state index contributed by atoms with van der Waals surface area (Å²) in [6.45, 7) is 9.93. The van der Waals surface area contributed by atoms with E-state index in [0.29, 0.717) is 19.4 Å². The lowest BCUT2D eigenvalue weighted by Gasteiger charge is -2.26. The molecule has 0 aromatic heterocycles. The van der Waals surface area contributed by atoms with Crippen molar-refractivity contribution in [3.63, 3.8) is 0 Å². The summed E-state index contributed by atoms with van der Waals surface area (Å²) in [5.41, 5.74) is 0.454. The number of rotatable bonds is 6. The molecule has 0 aliphatic heterocycles. The molecule has 0 amide bonds. The van der Waals surface area contributed by atoms with Gasteiger partial charge in [-0.05, 0) is 41.0 Å². The number of allylic oxidation sites excluding steroid dienone is 3. The third kappa shape index (κ3) is 5.23. The summed E-state index contributed by atoms with van der Waals surface area (Å²) in [5.74, 6) is 5.68. The second-order valence-corrected chi connectivity index (χ2v) is 4.48. The van der Waals surface area contributed by atoms with Crippen LogP contribution < -0.4 is 0 Å². The minimum absolute atomic E-state index is 0.188. The van der Waals surface area contributed by atoms with Crippen molar-refractivity contribution in [2.75, 3.05) is 6.61 Å².